The standard InChI is InChI=1S/C7H12O2/c1-4-6(3)7(8)9-5-2/h4H,5H2,1-3H3/b6-4-/i2D3,5D2. The van der Waals surface area contributed by atoms with Gasteiger partial charge in [-0.15, -0.1) is 0 Å². The Kier molecular flexibility index (Phi) is 1.31. The molecule has 2 nitrogen and oxygen atoms in total. The summed E-state index contributed by atoms with van der Waals surface area (Å²) in [5.41, 5.74) is 0.165. The third kappa shape index (κ3) is 2.90. The van der Waals surface area contributed by atoms with E-state index in [9.17, 15) is 4.79 Å². The Morgan fingerprint density at radius 2 is 2.67 bits per heavy atom. The van der Waals surface area contributed by atoms with E-state index >= 15 is 0 Å². The smallest absolute Gasteiger partial charge is 0.333 e. The molecule has 0 saturated heterocycles. The highest BCUT2D eigenvalue weighted by molar-refractivity contribution is 5.87. The Balaban J connectivity index is 4.62. The van der Waals surface area contributed by atoms with E-state index < -0.39 is 19.4 Å². The second-order valence-electron chi connectivity index (χ2n) is 1.46. The molecule has 0 aromatic carbocycles. The molecule has 0 radical (unpaired) electrons. The van der Waals surface area contributed by atoms with Crippen molar-refractivity contribution in [3.63, 3.8) is 0 Å². The van der Waals surface area contributed by atoms with Gasteiger partial charge in [-0.25, -0.2) is 4.79 Å². The van der Waals surface area contributed by atoms with Crippen LogP contribution in [-0.4, -0.2) is 12.5 Å². The number of hydrogen-bond donors (Lipinski definition) is 0. The van der Waals surface area contributed by atoms with Crippen LogP contribution in [0.25, 0.3) is 0 Å². The largest absolute Gasteiger partial charge is 0.463 e. The summed E-state index contributed by atoms with van der Waals surface area (Å²) in [5, 5.41) is 0. The predicted molar refractivity (Wildman–Crippen MR) is 36.1 cm³/mol. The fraction of sp³-hybridized carbons (Fsp3) is 0.571. The molecule has 0 aliphatic heterocycles. The third-order valence-electron chi connectivity index (χ3n) is 0.899. The first-order chi connectivity index (χ1) is 6.12. The number of hydrogen-bond acceptors (Lipinski definition) is 2. The number of carbonyl (C=O) groups is 1. The normalized spacial score (nSPS) is 22.4. The van der Waals surface area contributed by atoms with Gasteiger partial charge in [0.25, 0.3) is 0 Å². The van der Waals surface area contributed by atoms with Crippen molar-refractivity contribution in [3.8, 4) is 0 Å². The maximum absolute atomic E-state index is 11.1. The van der Waals surface area contributed by atoms with E-state index in [4.69, 9.17) is 6.85 Å². The minimum atomic E-state index is -2.98. The lowest BCUT2D eigenvalue weighted by Crippen LogP contribution is -2.04. The molecule has 0 heterocycles. The van der Waals surface area contributed by atoms with Crippen LogP contribution < -0.4 is 0 Å². The van der Waals surface area contributed by atoms with Gasteiger partial charge in [-0.05, 0) is 20.7 Å². The van der Waals surface area contributed by atoms with Crippen molar-refractivity contribution >= 4 is 5.97 Å². The number of ether oxygens (including phenoxy) is 1. The van der Waals surface area contributed by atoms with E-state index in [0.717, 1.165) is 0 Å². The van der Waals surface area contributed by atoms with Gasteiger partial charge in [0.2, 0.25) is 0 Å². The van der Waals surface area contributed by atoms with E-state index in [0.29, 0.717) is 0 Å². The van der Waals surface area contributed by atoms with Gasteiger partial charge in [-0.3, -0.25) is 0 Å². The lowest BCUT2D eigenvalue weighted by atomic mass is 10.3. The molecule has 0 fully saturated rings. The second kappa shape index (κ2) is 4.13. The first-order valence-corrected chi connectivity index (χ1v) is 2.48. The monoisotopic (exact) mass is 133 g/mol. The summed E-state index contributed by atoms with van der Waals surface area (Å²) in [6, 6.07) is 0. The first kappa shape index (κ1) is 2.86. The number of carbonyl (C=O) groups excluding carboxylic acids is 1. The summed E-state index contributed by atoms with van der Waals surface area (Å²) in [4.78, 5) is 11.1. The molecule has 0 aliphatic carbocycles. The predicted octanol–water partition coefficient (Wildman–Crippen LogP) is 1.52. The molecule has 0 amide bonds. The fourth-order valence-electron chi connectivity index (χ4n) is 0.245. The summed E-state index contributed by atoms with van der Waals surface area (Å²) in [5.74, 6) is -0.964. The summed E-state index contributed by atoms with van der Waals surface area (Å²) < 4.78 is 38.6. The van der Waals surface area contributed by atoms with Gasteiger partial charge < -0.3 is 4.74 Å². The summed E-state index contributed by atoms with van der Waals surface area (Å²) in [6.45, 7) is -2.94. The van der Waals surface area contributed by atoms with Gasteiger partial charge in [-0.1, -0.05) is 6.08 Å². The molecule has 0 saturated carbocycles. The molecule has 0 aromatic heterocycles. The summed E-state index contributed by atoms with van der Waals surface area (Å²) in [6.07, 6.45) is 1.41. The summed E-state index contributed by atoms with van der Waals surface area (Å²) >= 11 is 0. The van der Waals surface area contributed by atoms with E-state index in [2.05, 4.69) is 4.74 Å². The van der Waals surface area contributed by atoms with Gasteiger partial charge in [0, 0.05) is 9.69 Å². The van der Waals surface area contributed by atoms with Crippen molar-refractivity contribution in [1.29, 1.82) is 0 Å². The van der Waals surface area contributed by atoms with Crippen molar-refractivity contribution < 1.29 is 16.4 Å². The van der Waals surface area contributed by atoms with Crippen molar-refractivity contribution in [1.82, 2.24) is 0 Å². The average molecular weight is 133 g/mol. The van der Waals surface area contributed by atoms with Gasteiger partial charge in [0.05, 0.1) is 9.30 Å². The zero-order valence-corrected chi connectivity index (χ0v) is 5.39. The molecule has 0 aliphatic rings. The Labute approximate surface area is 62.5 Å². The van der Waals surface area contributed by atoms with Crippen molar-refractivity contribution in [2.75, 3.05) is 6.56 Å². The number of esters is 1. The number of allylic oxidation sites excluding steroid dienone is 1. The average Bonchev–Trinajstić information content (AvgIpc) is 2.00. The molecule has 52 valence electrons. The van der Waals surface area contributed by atoms with Gasteiger partial charge in [-0.2, -0.15) is 0 Å². The van der Waals surface area contributed by atoms with Crippen molar-refractivity contribution in [2.45, 2.75) is 20.7 Å². The maximum atomic E-state index is 11.1. The van der Waals surface area contributed by atoms with E-state index in [-0.39, 0.29) is 5.57 Å². The highest BCUT2D eigenvalue weighted by Gasteiger charge is 2.00. The molecular formula is C7H12O2. The lowest BCUT2D eigenvalue weighted by Gasteiger charge is -1.98. The molecular weight excluding hydrogens is 116 g/mol. The van der Waals surface area contributed by atoms with Crippen molar-refractivity contribution in [3.05, 3.63) is 11.6 Å². The van der Waals surface area contributed by atoms with Gasteiger partial charge in [0.1, 0.15) is 0 Å². The molecule has 0 N–H and O–H groups in total. The molecule has 0 unspecified atom stereocenters. The minimum absolute atomic E-state index is 0.165. The molecule has 0 bridgehead atoms. The minimum Gasteiger partial charge on any atom is -0.463 e. The maximum Gasteiger partial charge on any atom is 0.333 e. The zero-order chi connectivity index (χ0) is 11.6. The van der Waals surface area contributed by atoms with Crippen LogP contribution in [0.1, 0.15) is 27.6 Å². The Bertz CT molecular complexity index is 253. The molecule has 2 heteroatoms. The lowest BCUT2D eigenvalue weighted by molar-refractivity contribution is -0.138. The van der Waals surface area contributed by atoms with Crippen LogP contribution in [-0.2, 0) is 9.53 Å². The Morgan fingerprint density at radius 3 is 3.11 bits per heavy atom. The Hall–Kier alpha value is -0.790. The molecule has 0 atom stereocenters. The van der Waals surface area contributed by atoms with Crippen LogP contribution in [0.2, 0.25) is 0 Å². The van der Waals surface area contributed by atoms with Crippen LogP contribution in [0.5, 0.6) is 0 Å². The van der Waals surface area contributed by atoms with Gasteiger partial charge >= 0.3 is 5.97 Å². The van der Waals surface area contributed by atoms with Crippen LogP contribution >= 0.6 is 0 Å². The Morgan fingerprint density at radius 1 is 2.00 bits per heavy atom. The molecule has 0 aromatic rings. The molecule has 9 heavy (non-hydrogen) atoms. The van der Waals surface area contributed by atoms with Crippen LogP contribution in [0, 0.1) is 0 Å². The molecule has 0 rings (SSSR count). The first-order valence-electron chi connectivity index (χ1n) is 4.98. The third-order valence-corrected chi connectivity index (χ3v) is 0.899. The van der Waals surface area contributed by atoms with E-state index in [1.165, 1.54) is 13.0 Å². The highest BCUT2D eigenvalue weighted by atomic mass is 16.5. The topological polar surface area (TPSA) is 26.3 Å². The summed E-state index contributed by atoms with van der Waals surface area (Å²) in [7, 11) is 0. The zero-order valence-electron chi connectivity index (χ0n) is 10.4. The number of rotatable bonds is 2. The van der Waals surface area contributed by atoms with E-state index in [1.807, 2.05) is 0 Å². The highest BCUT2D eigenvalue weighted by Crippen LogP contribution is 1.94. The van der Waals surface area contributed by atoms with Crippen molar-refractivity contribution in [2.24, 2.45) is 0 Å². The van der Waals surface area contributed by atoms with Crippen LogP contribution in [0.4, 0.5) is 0 Å². The van der Waals surface area contributed by atoms with Crippen LogP contribution in [0.15, 0.2) is 11.6 Å². The SMILES string of the molecule is [2H]C([2H])([2H])C([2H])([2H])OC(=O)/C(C)=C\C. The fourth-order valence-corrected chi connectivity index (χ4v) is 0.245. The quantitative estimate of drug-likeness (QED) is 0.421. The van der Waals surface area contributed by atoms with Gasteiger partial charge in [0.15, 0.2) is 0 Å². The second-order valence-corrected chi connectivity index (χ2v) is 1.46. The van der Waals surface area contributed by atoms with Crippen LogP contribution in [0.3, 0.4) is 0 Å². The van der Waals surface area contributed by atoms with E-state index in [1.54, 1.807) is 6.92 Å². The molecule has 0 spiro atoms.